The molecule has 1 fully saturated rings. The molecule has 0 radical (unpaired) electrons. The van der Waals surface area contributed by atoms with E-state index in [9.17, 15) is 5.11 Å². The Bertz CT molecular complexity index is 1300. The fourth-order valence-electron chi connectivity index (χ4n) is 5.68. The highest BCUT2D eigenvalue weighted by Gasteiger charge is 2.32. The van der Waals surface area contributed by atoms with E-state index in [0.717, 1.165) is 50.5 Å². The fourth-order valence-corrected chi connectivity index (χ4v) is 5.68. The lowest BCUT2D eigenvalue weighted by Crippen LogP contribution is -2.43. The van der Waals surface area contributed by atoms with Crippen LogP contribution in [-0.2, 0) is 6.42 Å². The Morgan fingerprint density at radius 2 is 1.67 bits per heavy atom. The molecular formula is C31H31N3O2. The summed E-state index contributed by atoms with van der Waals surface area (Å²) >= 11 is 0. The van der Waals surface area contributed by atoms with Crippen molar-refractivity contribution in [1.82, 2.24) is 10.3 Å². The molecular weight excluding hydrogens is 446 g/mol. The third-order valence-electron chi connectivity index (χ3n) is 7.48. The molecule has 1 aromatic heterocycles. The van der Waals surface area contributed by atoms with Crippen LogP contribution in [0.15, 0.2) is 91.1 Å². The number of nitrogens with zero attached hydrogens (tertiary/aromatic N) is 2. The quantitative estimate of drug-likeness (QED) is 0.378. The number of anilines is 1. The highest BCUT2D eigenvalue weighted by atomic mass is 16.5. The van der Waals surface area contributed by atoms with Crippen molar-refractivity contribution in [2.45, 2.75) is 24.7 Å². The van der Waals surface area contributed by atoms with Gasteiger partial charge in [0.1, 0.15) is 11.5 Å². The molecule has 0 bridgehead atoms. The Morgan fingerprint density at radius 1 is 0.861 bits per heavy atom. The van der Waals surface area contributed by atoms with Crippen LogP contribution >= 0.6 is 0 Å². The molecule has 2 aliphatic rings. The number of phenolic OH excluding ortho intramolecular Hbond substituents is 1. The van der Waals surface area contributed by atoms with Gasteiger partial charge in [-0.2, -0.15) is 0 Å². The Morgan fingerprint density at radius 3 is 2.42 bits per heavy atom. The molecule has 36 heavy (non-hydrogen) atoms. The lowest BCUT2D eigenvalue weighted by molar-refractivity contribution is 0.461. The second-order valence-corrected chi connectivity index (χ2v) is 9.68. The molecule has 0 spiro atoms. The van der Waals surface area contributed by atoms with Crippen molar-refractivity contribution >= 4 is 5.69 Å². The van der Waals surface area contributed by atoms with Crippen molar-refractivity contribution in [3.63, 3.8) is 0 Å². The number of aromatic nitrogens is 1. The summed E-state index contributed by atoms with van der Waals surface area (Å²) in [6.45, 7) is 4.00. The van der Waals surface area contributed by atoms with Gasteiger partial charge < -0.3 is 20.1 Å². The summed E-state index contributed by atoms with van der Waals surface area (Å²) < 4.78 is 6.08. The Hall–Kier alpha value is -3.83. The largest absolute Gasteiger partial charge is 0.508 e. The number of hydrogen-bond donors (Lipinski definition) is 2. The van der Waals surface area contributed by atoms with Crippen LogP contribution in [0.25, 0.3) is 0 Å². The van der Waals surface area contributed by atoms with Gasteiger partial charge in [0, 0.05) is 38.2 Å². The highest BCUT2D eigenvalue weighted by Crippen LogP contribution is 2.47. The Kier molecular flexibility index (Phi) is 6.31. The second kappa shape index (κ2) is 10.0. The minimum absolute atomic E-state index is 0.224. The fraction of sp³-hybridized carbons (Fsp3) is 0.258. The van der Waals surface area contributed by atoms with E-state index in [1.807, 2.05) is 36.5 Å². The van der Waals surface area contributed by atoms with E-state index in [0.29, 0.717) is 17.5 Å². The first-order valence-electron chi connectivity index (χ1n) is 12.8. The summed E-state index contributed by atoms with van der Waals surface area (Å²) in [5.74, 6) is 2.32. The molecule has 5 heteroatoms. The Balaban J connectivity index is 1.24. The van der Waals surface area contributed by atoms with Gasteiger partial charge >= 0.3 is 0 Å². The normalized spacial score (nSPS) is 19.5. The number of fused-ring (bicyclic) bond motifs is 1. The van der Waals surface area contributed by atoms with Crippen LogP contribution in [0.2, 0.25) is 0 Å². The van der Waals surface area contributed by atoms with Crippen LogP contribution in [0.3, 0.4) is 0 Å². The van der Waals surface area contributed by atoms with Gasteiger partial charge in [-0.25, -0.2) is 4.98 Å². The smallest absolute Gasteiger partial charge is 0.219 e. The summed E-state index contributed by atoms with van der Waals surface area (Å²) in [7, 11) is 0. The number of piperazine rings is 1. The van der Waals surface area contributed by atoms with Crippen molar-refractivity contribution in [3.8, 4) is 17.4 Å². The summed E-state index contributed by atoms with van der Waals surface area (Å²) in [6.07, 6.45) is 3.91. The van der Waals surface area contributed by atoms with Gasteiger partial charge in [-0.05, 0) is 71.3 Å². The minimum atomic E-state index is 0.224. The molecule has 182 valence electrons. The van der Waals surface area contributed by atoms with E-state index >= 15 is 0 Å². The number of phenols is 1. The first-order chi connectivity index (χ1) is 17.7. The number of ether oxygens (including phenoxy) is 1. The molecule has 4 aromatic rings. The van der Waals surface area contributed by atoms with Gasteiger partial charge in [-0.15, -0.1) is 0 Å². The van der Waals surface area contributed by atoms with E-state index in [1.165, 1.54) is 22.3 Å². The first-order valence-corrected chi connectivity index (χ1v) is 12.8. The van der Waals surface area contributed by atoms with Crippen molar-refractivity contribution in [2.24, 2.45) is 0 Å². The zero-order valence-electron chi connectivity index (χ0n) is 20.3. The van der Waals surface area contributed by atoms with Crippen LogP contribution in [0, 0.1) is 0 Å². The molecule has 6 rings (SSSR count). The first kappa shape index (κ1) is 22.6. The van der Waals surface area contributed by atoms with E-state index in [-0.39, 0.29) is 5.92 Å². The average Bonchev–Trinajstić information content (AvgIpc) is 2.94. The lowest BCUT2D eigenvalue weighted by Gasteiger charge is -2.34. The number of hydrogen-bond acceptors (Lipinski definition) is 5. The molecule has 1 aliphatic carbocycles. The number of aryl methyl sites for hydroxylation is 1. The number of rotatable bonds is 5. The molecule has 2 atom stereocenters. The summed E-state index contributed by atoms with van der Waals surface area (Å²) in [5.41, 5.74) is 6.28. The number of benzene rings is 3. The van der Waals surface area contributed by atoms with Crippen molar-refractivity contribution in [1.29, 1.82) is 0 Å². The molecule has 0 saturated carbocycles. The number of aromatic hydroxyl groups is 1. The molecule has 3 aromatic carbocycles. The SMILES string of the molecule is Oc1ccc2c(c1)CC[C@H](c1ccccc1)C2c1ccc(Oc2ccc(N3CCNCC3)cn2)cc1. The third-order valence-corrected chi connectivity index (χ3v) is 7.48. The van der Waals surface area contributed by atoms with Crippen molar-refractivity contribution in [3.05, 3.63) is 113 Å². The van der Waals surface area contributed by atoms with E-state index < -0.39 is 0 Å². The number of pyridine rings is 1. The standard InChI is InChI=1S/C31H31N3O2/c35-26-10-14-29-24(20-26)8-13-28(22-4-2-1-3-5-22)31(29)23-6-11-27(12-7-23)36-30-15-9-25(21-33-30)34-18-16-32-17-19-34/h1-7,9-12,14-15,20-21,28,31-32,35H,8,13,16-19H2/t28-,31?/m1/s1. The Labute approximate surface area is 212 Å². The lowest BCUT2D eigenvalue weighted by atomic mass is 9.69. The maximum atomic E-state index is 10.1. The molecule has 0 amide bonds. The maximum Gasteiger partial charge on any atom is 0.219 e. The molecule has 2 heterocycles. The second-order valence-electron chi connectivity index (χ2n) is 9.68. The van der Waals surface area contributed by atoms with E-state index in [4.69, 9.17) is 4.74 Å². The minimum Gasteiger partial charge on any atom is -0.508 e. The summed E-state index contributed by atoms with van der Waals surface area (Å²) in [6, 6.07) is 29.1. The summed E-state index contributed by atoms with van der Waals surface area (Å²) in [5, 5.41) is 13.4. The van der Waals surface area contributed by atoms with E-state index in [2.05, 4.69) is 69.8 Å². The highest BCUT2D eigenvalue weighted by molar-refractivity contribution is 5.49. The van der Waals surface area contributed by atoms with Crippen LogP contribution in [0.1, 0.15) is 40.5 Å². The van der Waals surface area contributed by atoms with Crippen LogP contribution < -0.4 is 15.0 Å². The zero-order chi connectivity index (χ0) is 24.3. The molecule has 5 nitrogen and oxygen atoms in total. The van der Waals surface area contributed by atoms with Crippen molar-refractivity contribution < 1.29 is 9.84 Å². The van der Waals surface area contributed by atoms with Gasteiger partial charge in [0.05, 0.1) is 11.9 Å². The van der Waals surface area contributed by atoms with Crippen molar-refractivity contribution in [2.75, 3.05) is 31.1 Å². The molecule has 2 N–H and O–H groups in total. The van der Waals surface area contributed by atoms with Gasteiger partial charge in [0.2, 0.25) is 5.88 Å². The summed E-state index contributed by atoms with van der Waals surface area (Å²) in [4.78, 5) is 6.88. The van der Waals surface area contributed by atoms with Crippen LogP contribution in [0.5, 0.6) is 17.4 Å². The van der Waals surface area contributed by atoms with Gasteiger partial charge in [0.25, 0.3) is 0 Å². The molecule has 1 unspecified atom stereocenters. The van der Waals surface area contributed by atoms with Gasteiger partial charge in [-0.3, -0.25) is 0 Å². The van der Waals surface area contributed by atoms with E-state index in [1.54, 1.807) is 0 Å². The predicted molar refractivity (Wildman–Crippen MR) is 143 cm³/mol. The zero-order valence-corrected chi connectivity index (χ0v) is 20.3. The van der Waals surface area contributed by atoms with Gasteiger partial charge in [-0.1, -0.05) is 48.5 Å². The van der Waals surface area contributed by atoms with Crippen LogP contribution in [0.4, 0.5) is 5.69 Å². The molecule has 1 saturated heterocycles. The average molecular weight is 478 g/mol. The monoisotopic (exact) mass is 477 g/mol. The third kappa shape index (κ3) is 4.67. The van der Waals surface area contributed by atoms with Crippen LogP contribution in [-0.4, -0.2) is 36.3 Å². The topological polar surface area (TPSA) is 57.6 Å². The predicted octanol–water partition coefficient (Wildman–Crippen LogP) is 5.85. The number of nitrogens with one attached hydrogen (secondary N) is 1. The maximum absolute atomic E-state index is 10.1. The van der Waals surface area contributed by atoms with Gasteiger partial charge in [0.15, 0.2) is 0 Å². The molecule has 1 aliphatic heterocycles.